The Morgan fingerprint density at radius 2 is 2.13 bits per heavy atom. The van der Waals surface area contributed by atoms with E-state index in [1.165, 1.54) is 0 Å². The van der Waals surface area contributed by atoms with Gasteiger partial charge in [-0.05, 0) is 31.4 Å². The summed E-state index contributed by atoms with van der Waals surface area (Å²) in [4.78, 5) is 25.1. The summed E-state index contributed by atoms with van der Waals surface area (Å²) in [6.45, 7) is 3.37. The Hall–Kier alpha value is -2.37. The molecule has 9 nitrogen and oxygen atoms in total. The van der Waals surface area contributed by atoms with Crippen LogP contribution in [-0.4, -0.2) is 71.8 Å². The molecule has 1 aromatic carbocycles. The molecule has 1 amide bonds. The van der Waals surface area contributed by atoms with Crippen LogP contribution in [0.4, 0.5) is 5.69 Å². The number of ether oxygens (including phenoxy) is 1. The molecule has 1 fully saturated rings. The number of hydrogen-bond acceptors (Lipinski definition) is 5. The van der Waals surface area contributed by atoms with E-state index in [2.05, 4.69) is 30.4 Å². The summed E-state index contributed by atoms with van der Waals surface area (Å²) < 4.78 is 5.50. The second-order valence-electron chi connectivity index (χ2n) is 7.26. The first-order valence-corrected chi connectivity index (χ1v) is 10.1. The van der Waals surface area contributed by atoms with Crippen molar-refractivity contribution in [2.45, 2.75) is 25.2 Å². The molecule has 3 heterocycles. The lowest BCUT2D eigenvalue weighted by Crippen LogP contribution is -2.46. The first kappa shape index (κ1) is 22.3. The number of H-pyrrole nitrogens is 1. The third-order valence-corrected chi connectivity index (χ3v) is 5.48. The summed E-state index contributed by atoms with van der Waals surface area (Å²) in [6.07, 6.45) is 4.44. The number of guanidine groups is 1. The number of para-hydroxylation sites is 2. The SMILES string of the molecule is CN=C(NCCCN1C(=O)COc2ccccc21)N1CCC(c2ncn[nH]2)CC1.I. The predicted molar refractivity (Wildman–Crippen MR) is 126 cm³/mol. The Morgan fingerprint density at radius 3 is 2.87 bits per heavy atom. The van der Waals surface area contributed by atoms with Gasteiger partial charge in [-0.15, -0.1) is 24.0 Å². The average molecular weight is 525 g/mol. The first-order valence-electron chi connectivity index (χ1n) is 10.1. The Bertz CT molecular complexity index is 851. The minimum Gasteiger partial charge on any atom is -0.482 e. The smallest absolute Gasteiger partial charge is 0.265 e. The number of amides is 1. The van der Waals surface area contributed by atoms with Crippen LogP contribution in [0.25, 0.3) is 0 Å². The lowest BCUT2D eigenvalue weighted by atomic mass is 9.96. The standard InChI is InChI=1S/C20H27N7O2.HI/c1-21-20(26-11-7-15(8-12-26)19-23-14-24-25-19)22-9-4-10-27-16-5-2-3-6-17(16)29-13-18(27)28;/h2-3,5-6,14-15H,4,7-13H2,1H3,(H,21,22)(H,23,24,25);1H. The zero-order valence-corrected chi connectivity index (χ0v) is 19.4. The summed E-state index contributed by atoms with van der Waals surface area (Å²) >= 11 is 0. The number of anilines is 1. The highest BCUT2D eigenvalue weighted by Crippen LogP contribution is 2.31. The van der Waals surface area contributed by atoms with E-state index in [-0.39, 0.29) is 36.5 Å². The molecule has 10 heteroatoms. The number of carbonyl (C=O) groups excluding carboxylic acids is 1. The fourth-order valence-electron chi connectivity index (χ4n) is 3.95. The molecule has 0 aliphatic carbocycles. The van der Waals surface area contributed by atoms with Gasteiger partial charge in [-0.25, -0.2) is 4.98 Å². The van der Waals surface area contributed by atoms with Crippen LogP contribution in [0.3, 0.4) is 0 Å². The highest BCUT2D eigenvalue weighted by Gasteiger charge is 2.26. The number of benzene rings is 1. The van der Waals surface area contributed by atoms with Crippen LogP contribution in [0.1, 0.15) is 31.0 Å². The van der Waals surface area contributed by atoms with E-state index in [1.54, 1.807) is 6.33 Å². The maximum absolute atomic E-state index is 12.3. The van der Waals surface area contributed by atoms with Crippen molar-refractivity contribution < 1.29 is 9.53 Å². The second kappa shape index (κ2) is 10.6. The first-order chi connectivity index (χ1) is 14.3. The van der Waals surface area contributed by atoms with Crippen LogP contribution in [-0.2, 0) is 4.79 Å². The van der Waals surface area contributed by atoms with Crippen LogP contribution in [0.15, 0.2) is 35.6 Å². The summed E-state index contributed by atoms with van der Waals surface area (Å²) in [5.41, 5.74) is 0.850. The Labute approximate surface area is 193 Å². The molecule has 162 valence electrons. The van der Waals surface area contributed by atoms with Crippen molar-refractivity contribution in [3.8, 4) is 5.75 Å². The van der Waals surface area contributed by atoms with E-state index < -0.39 is 0 Å². The summed E-state index contributed by atoms with van der Waals surface area (Å²) in [5, 5.41) is 10.4. The molecule has 0 unspecified atom stereocenters. The third-order valence-electron chi connectivity index (χ3n) is 5.48. The minimum absolute atomic E-state index is 0. The van der Waals surface area contributed by atoms with Crippen molar-refractivity contribution in [3.05, 3.63) is 36.4 Å². The number of aromatic amines is 1. The van der Waals surface area contributed by atoms with E-state index >= 15 is 0 Å². The van der Waals surface area contributed by atoms with Crippen LogP contribution in [0.2, 0.25) is 0 Å². The van der Waals surface area contributed by atoms with Gasteiger partial charge in [0.2, 0.25) is 0 Å². The predicted octanol–water partition coefficient (Wildman–Crippen LogP) is 1.99. The van der Waals surface area contributed by atoms with Crippen LogP contribution < -0.4 is 15.0 Å². The van der Waals surface area contributed by atoms with Crippen LogP contribution >= 0.6 is 24.0 Å². The lowest BCUT2D eigenvalue weighted by molar-refractivity contribution is -0.121. The van der Waals surface area contributed by atoms with Gasteiger partial charge in [-0.3, -0.25) is 14.9 Å². The normalized spacial score (nSPS) is 17.2. The molecular weight excluding hydrogens is 497 g/mol. The van der Waals surface area contributed by atoms with Gasteiger partial charge in [-0.2, -0.15) is 5.10 Å². The van der Waals surface area contributed by atoms with Crippen LogP contribution in [0, 0.1) is 0 Å². The van der Waals surface area contributed by atoms with Crippen molar-refractivity contribution in [2.75, 3.05) is 44.7 Å². The molecule has 0 radical (unpaired) electrons. The highest BCUT2D eigenvalue weighted by atomic mass is 127. The fourth-order valence-corrected chi connectivity index (χ4v) is 3.95. The van der Waals surface area contributed by atoms with Gasteiger partial charge in [0.05, 0.1) is 5.69 Å². The number of carbonyl (C=O) groups is 1. The van der Waals surface area contributed by atoms with Gasteiger partial charge in [0.25, 0.3) is 5.91 Å². The number of nitrogens with one attached hydrogen (secondary N) is 2. The van der Waals surface area contributed by atoms with E-state index in [0.717, 1.165) is 62.1 Å². The molecule has 2 aliphatic rings. The van der Waals surface area contributed by atoms with E-state index in [1.807, 2.05) is 36.2 Å². The summed E-state index contributed by atoms with van der Waals surface area (Å²) in [7, 11) is 1.81. The van der Waals surface area contributed by atoms with Gasteiger partial charge >= 0.3 is 0 Å². The molecule has 1 aromatic heterocycles. The van der Waals surface area contributed by atoms with E-state index in [0.29, 0.717) is 12.5 Å². The molecule has 30 heavy (non-hydrogen) atoms. The third kappa shape index (κ3) is 5.02. The molecule has 1 saturated heterocycles. The maximum atomic E-state index is 12.3. The highest BCUT2D eigenvalue weighted by molar-refractivity contribution is 14.0. The number of aromatic nitrogens is 3. The molecule has 2 N–H and O–H groups in total. The van der Waals surface area contributed by atoms with Gasteiger partial charge in [0, 0.05) is 39.1 Å². The van der Waals surface area contributed by atoms with Crippen molar-refractivity contribution in [1.82, 2.24) is 25.4 Å². The molecule has 0 spiro atoms. The van der Waals surface area contributed by atoms with Crippen molar-refractivity contribution >= 4 is 41.5 Å². The molecule has 0 bridgehead atoms. The quantitative estimate of drug-likeness (QED) is 0.268. The number of piperidine rings is 1. The minimum atomic E-state index is 0. The van der Waals surface area contributed by atoms with E-state index in [4.69, 9.17) is 4.74 Å². The monoisotopic (exact) mass is 525 g/mol. The number of nitrogens with zero attached hydrogens (tertiary/aromatic N) is 5. The average Bonchev–Trinajstić information content (AvgIpc) is 3.30. The van der Waals surface area contributed by atoms with E-state index in [9.17, 15) is 4.79 Å². The maximum Gasteiger partial charge on any atom is 0.265 e. The van der Waals surface area contributed by atoms with Crippen molar-refractivity contribution in [2.24, 2.45) is 4.99 Å². The van der Waals surface area contributed by atoms with Crippen LogP contribution in [0.5, 0.6) is 5.75 Å². The van der Waals surface area contributed by atoms with Gasteiger partial charge in [-0.1, -0.05) is 12.1 Å². The lowest BCUT2D eigenvalue weighted by Gasteiger charge is -2.33. The zero-order chi connectivity index (χ0) is 20.1. The zero-order valence-electron chi connectivity index (χ0n) is 17.1. The molecule has 0 saturated carbocycles. The molecule has 2 aliphatic heterocycles. The Balaban J connectivity index is 0.00000256. The molecular formula is C20H28IN7O2. The largest absolute Gasteiger partial charge is 0.482 e. The number of fused-ring (bicyclic) bond motifs is 1. The number of aliphatic imine (C=N–C) groups is 1. The molecule has 4 rings (SSSR count). The number of likely N-dealkylation sites (tertiary alicyclic amines) is 1. The van der Waals surface area contributed by atoms with Crippen molar-refractivity contribution in [3.63, 3.8) is 0 Å². The number of rotatable bonds is 5. The summed E-state index contributed by atoms with van der Waals surface area (Å²) in [6, 6.07) is 7.68. The Morgan fingerprint density at radius 1 is 1.33 bits per heavy atom. The number of halogens is 1. The molecule has 0 atom stereocenters. The molecule has 2 aromatic rings. The van der Waals surface area contributed by atoms with Gasteiger partial charge < -0.3 is 19.9 Å². The fraction of sp³-hybridized carbons (Fsp3) is 0.500. The number of hydrogen-bond donors (Lipinski definition) is 2. The topological polar surface area (TPSA) is 98.7 Å². The van der Waals surface area contributed by atoms with Gasteiger partial charge in [0.15, 0.2) is 12.6 Å². The second-order valence-corrected chi connectivity index (χ2v) is 7.26. The van der Waals surface area contributed by atoms with Crippen molar-refractivity contribution in [1.29, 1.82) is 0 Å². The van der Waals surface area contributed by atoms with Gasteiger partial charge in [0.1, 0.15) is 17.9 Å². The Kier molecular flexibility index (Phi) is 7.88. The summed E-state index contributed by atoms with van der Waals surface area (Å²) in [5.74, 6) is 3.09.